The van der Waals surface area contributed by atoms with Gasteiger partial charge in [-0.25, -0.2) is 10.2 Å². The van der Waals surface area contributed by atoms with Crippen LogP contribution >= 0.6 is 34.5 Å². The molecule has 0 fully saturated rings. The number of nitrogens with one attached hydrogen (secondary N) is 1. The summed E-state index contributed by atoms with van der Waals surface area (Å²) in [7, 11) is 0. The van der Waals surface area contributed by atoms with E-state index in [1.807, 2.05) is 24.3 Å². The monoisotopic (exact) mass is 498 g/mol. The first-order valence-corrected chi connectivity index (χ1v) is 11.3. The summed E-state index contributed by atoms with van der Waals surface area (Å²) in [5.74, 6) is -0.0834. The molecule has 0 bridgehead atoms. The van der Waals surface area contributed by atoms with Crippen molar-refractivity contribution in [2.75, 3.05) is 6.61 Å². The molecule has 1 heterocycles. The first kappa shape index (κ1) is 22.8. The maximum Gasteiger partial charge on any atom is 0.355 e. The van der Waals surface area contributed by atoms with Crippen molar-refractivity contribution in [3.05, 3.63) is 93.3 Å². The molecule has 0 spiro atoms. The van der Waals surface area contributed by atoms with Gasteiger partial charge in [0.25, 0.3) is 5.91 Å². The van der Waals surface area contributed by atoms with Crippen molar-refractivity contribution < 1.29 is 19.1 Å². The number of halogens is 2. The number of rotatable bonds is 7. The van der Waals surface area contributed by atoms with Gasteiger partial charge >= 0.3 is 5.97 Å². The quantitative estimate of drug-likeness (QED) is 0.147. The number of hydrogen-bond acceptors (Lipinski definition) is 6. The zero-order chi connectivity index (χ0) is 23.2. The van der Waals surface area contributed by atoms with Gasteiger partial charge in [-0.05, 0) is 54.1 Å². The molecule has 166 valence electrons. The summed E-state index contributed by atoms with van der Waals surface area (Å²) in [6.45, 7) is -0.202. The fourth-order valence-electron chi connectivity index (χ4n) is 2.84. The molecule has 33 heavy (non-hydrogen) atoms. The van der Waals surface area contributed by atoms with E-state index in [0.717, 1.165) is 10.1 Å². The summed E-state index contributed by atoms with van der Waals surface area (Å²) >= 11 is 13.5. The summed E-state index contributed by atoms with van der Waals surface area (Å²) in [6, 6.07) is 20.9. The lowest BCUT2D eigenvalue weighted by Gasteiger charge is -2.05. The van der Waals surface area contributed by atoms with Crippen molar-refractivity contribution in [1.29, 1.82) is 0 Å². The van der Waals surface area contributed by atoms with Crippen LogP contribution in [-0.4, -0.2) is 24.7 Å². The van der Waals surface area contributed by atoms with Gasteiger partial charge in [0.2, 0.25) is 0 Å². The van der Waals surface area contributed by atoms with Gasteiger partial charge < -0.3 is 9.47 Å². The van der Waals surface area contributed by atoms with Crippen LogP contribution in [0.5, 0.6) is 11.5 Å². The van der Waals surface area contributed by atoms with Crippen LogP contribution in [0.4, 0.5) is 0 Å². The van der Waals surface area contributed by atoms with Gasteiger partial charge in [0.05, 0.1) is 11.2 Å². The van der Waals surface area contributed by atoms with Crippen LogP contribution in [0.15, 0.2) is 77.9 Å². The van der Waals surface area contributed by atoms with Gasteiger partial charge in [0.1, 0.15) is 16.4 Å². The highest BCUT2D eigenvalue weighted by Gasteiger charge is 2.18. The number of carbonyl (C=O) groups excluding carboxylic acids is 2. The number of benzene rings is 3. The third-order valence-corrected chi connectivity index (χ3v) is 6.27. The Morgan fingerprint density at radius 3 is 2.52 bits per heavy atom. The number of thiophene rings is 1. The zero-order valence-corrected chi connectivity index (χ0v) is 19.3. The van der Waals surface area contributed by atoms with Crippen LogP contribution in [-0.2, 0) is 4.79 Å². The number of carbonyl (C=O) groups is 2. The Morgan fingerprint density at radius 2 is 1.76 bits per heavy atom. The van der Waals surface area contributed by atoms with E-state index in [2.05, 4.69) is 10.5 Å². The predicted molar refractivity (Wildman–Crippen MR) is 131 cm³/mol. The molecule has 0 aliphatic carbocycles. The third kappa shape index (κ3) is 5.90. The van der Waals surface area contributed by atoms with Crippen molar-refractivity contribution in [3.63, 3.8) is 0 Å². The van der Waals surface area contributed by atoms with E-state index in [4.69, 9.17) is 32.7 Å². The van der Waals surface area contributed by atoms with Crippen molar-refractivity contribution in [2.45, 2.75) is 0 Å². The minimum absolute atomic E-state index is 0.202. The van der Waals surface area contributed by atoms with Gasteiger partial charge in [0.15, 0.2) is 6.61 Å². The zero-order valence-electron chi connectivity index (χ0n) is 17.0. The molecule has 0 radical (unpaired) electrons. The van der Waals surface area contributed by atoms with Crippen LogP contribution in [0, 0.1) is 0 Å². The van der Waals surface area contributed by atoms with Gasteiger partial charge in [-0.3, -0.25) is 4.79 Å². The summed E-state index contributed by atoms with van der Waals surface area (Å²) < 4.78 is 11.7. The number of nitrogens with zero attached hydrogens (tertiary/aromatic N) is 1. The Bertz CT molecular complexity index is 1340. The van der Waals surface area contributed by atoms with Crippen molar-refractivity contribution in [1.82, 2.24) is 5.43 Å². The fourth-order valence-corrected chi connectivity index (χ4v) is 4.40. The molecule has 6 nitrogen and oxygen atoms in total. The minimum Gasteiger partial charge on any atom is -0.484 e. The molecule has 0 saturated heterocycles. The smallest absolute Gasteiger partial charge is 0.355 e. The second kappa shape index (κ2) is 10.5. The highest BCUT2D eigenvalue weighted by Crippen LogP contribution is 2.35. The average molecular weight is 499 g/mol. The molecule has 0 atom stereocenters. The molecule has 0 unspecified atom stereocenters. The molecule has 4 rings (SSSR count). The highest BCUT2D eigenvalue weighted by atomic mass is 35.5. The van der Waals surface area contributed by atoms with E-state index in [-0.39, 0.29) is 6.61 Å². The highest BCUT2D eigenvalue weighted by molar-refractivity contribution is 7.21. The van der Waals surface area contributed by atoms with E-state index in [0.29, 0.717) is 32.0 Å². The van der Waals surface area contributed by atoms with E-state index in [9.17, 15) is 9.59 Å². The van der Waals surface area contributed by atoms with Gasteiger partial charge in [-0.2, -0.15) is 5.10 Å². The second-order valence-corrected chi connectivity index (χ2v) is 8.61. The standard InChI is InChI=1S/C24H16Cl2N2O4S/c25-16-4-3-5-18(12-16)31-14-21(29)28-27-13-15-8-10-17(11-9-15)32-24(30)23-22(26)19-6-1-2-7-20(19)33-23/h1-13H,14H2,(H,28,29). The lowest BCUT2D eigenvalue weighted by atomic mass is 10.2. The maximum atomic E-state index is 12.5. The predicted octanol–water partition coefficient (Wildman–Crippen LogP) is 5.96. The number of hydrogen-bond donors (Lipinski definition) is 1. The van der Waals surface area contributed by atoms with Gasteiger partial charge in [-0.15, -0.1) is 11.3 Å². The van der Waals surface area contributed by atoms with Gasteiger partial charge in [0, 0.05) is 15.1 Å². The lowest BCUT2D eigenvalue weighted by Crippen LogP contribution is -2.24. The Morgan fingerprint density at radius 1 is 0.970 bits per heavy atom. The molecule has 1 aromatic heterocycles. The molecular weight excluding hydrogens is 483 g/mol. The molecular formula is C24H16Cl2N2O4S. The summed E-state index contributed by atoms with van der Waals surface area (Å²) in [5.41, 5.74) is 3.08. The molecule has 1 amide bonds. The van der Waals surface area contributed by atoms with Gasteiger partial charge in [-0.1, -0.05) is 47.5 Å². The van der Waals surface area contributed by atoms with Crippen LogP contribution in [0.25, 0.3) is 10.1 Å². The second-order valence-electron chi connectivity index (χ2n) is 6.74. The Balaban J connectivity index is 1.29. The van der Waals surface area contributed by atoms with E-state index in [1.165, 1.54) is 17.6 Å². The first-order valence-electron chi connectivity index (χ1n) is 9.69. The number of fused-ring (bicyclic) bond motifs is 1. The Hall–Kier alpha value is -3.39. The van der Waals surface area contributed by atoms with E-state index < -0.39 is 11.9 Å². The summed E-state index contributed by atoms with van der Waals surface area (Å²) in [4.78, 5) is 24.7. The van der Waals surface area contributed by atoms with E-state index >= 15 is 0 Å². The van der Waals surface area contributed by atoms with Crippen LogP contribution in [0.2, 0.25) is 10.0 Å². The number of ether oxygens (including phenoxy) is 2. The fraction of sp³-hybridized carbons (Fsp3) is 0.0417. The molecule has 1 N–H and O–H groups in total. The largest absolute Gasteiger partial charge is 0.484 e. The first-order chi connectivity index (χ1) is 16.0. The van der Waals surface area contributed by atoms with Crippen molar-refractivity contribution >= 4 is 62.7 Å². The molecule has 0 aliphatic heterocycles. The lowest BCUT2D eigenvalue weighted by molar-refractivity contribution is -0.123. The average Bonchev–Trinajstić information content (AvgIpc) is 3.16. The van der Waals surface area contributed by atoms with Crippen LogP contribution in [0.1, 0.15) is 15.2 Å². The third-order valence-electron chi connectivity index (χ3n) is 4.38. The molecule has 9 heteroatoms. The number of esters is 1. The Labute approximate surface area is 203 Å². The van der Waals surface area contributed by atoms with Crippen molar-refractivity contribution in [2.24, 2.45) is 5.10 Å². The summed E-state index contributed by atoms with van der Waals surface area (Å²) in [6.07, 6.45) is 1.46. The number of amides is 1. The topological polar surface area (TPSA) is 77.0 Å². The maximum absolute atomic E-state index is 12.5. The normalized spacial score (nSPS) is 11.0. The summed E-state index contributed by atoms with van der Waals surface area (Å²) in [5, 5.41) is 5.62. The molecule has 4 aromatic rings. The Kier molecular flexibility index (Phi) is 7.24. The SMILES string of the molecule is O=C(COc1cccc(Cl)c1)NN=Cc1ccc(OC(=O)c2sc3ccccc3c2Cl)cc1. The van der Waals surface area contributed by atoms with Crippen LogP contribution < -0.4 is 14.9 Å². The van der Waals surface area contributed by atoms with E-state index in [1.54, 1.807) is 48.5 Å². The minimum atomic E-state index is -0.519. The van der Waals surface area contributed by atoms with Crippen molar-refractivity contribution in [3.8, 4) is 11.5 Å². The molecule has 0 saturated carbocycles. The molecule has 0 aliphatic rings. The number of hydrazone groups is 1. The van der Waals surface area contributed by atoms with Crippen LogP contribution in [0.3, 0.4) is 0 Å². The molecule has 3 aromatic carbocycles.